The van der Waals surface area contributed by atoms with Gasteiger partial charge in [-0.1, -0.05) is 24.3 Å². The van der Waals surface area contributed by atoms with E-state index in [9.17, 15) is 9.59 Å². The molecule has 1 aromatic rings. The zero-order valence-electron chi connectivity index (χ0n) is 8.38. The Kier molecular flexibility index (Phi) is 3.66. The molecule has 0 spiro atoms. The molecular weight excluding hydrogens is 210 g/mol. The monoisotopic (exact) mass is 221 g/mol. The van der Waals surface area contributed by atoms with Gasteiger partial charge >= 0.3 is 11.9 Å². The second-order valence-electron chi connectivity index (χ2n) is 3.11. The molecule has 0 atom stereocenters. The Hall–Kier alpha value is -2.30. The van der Waals surface area contributed by atoms with E-state index in [0.717, 1.165) is 0 Å². The summed E-state index contributed by atoms with van der Waals surface area (Å²) in [5.74, 6) is -2.06. The van der Waals surface area contributed by atoms with Gasteiger partial charge in [-0.25, -0.2) is 4.79 Å². The average Bonchev–Trinajstić information content (AvgIpc) is 2.19. The third-order valence-corrected chi connectivity index (χ3v) is 1.96. The summed E-state index contributed by atoms with van der Waals surface area (Å²) in [5.41, 5.74) is 6.27. The van der Waals surface area contributed by atoms with Gasteiger partial charge in [-0.15, -0.1) is 0 Å². The Bertz CT molecular complexity index is 451. The molecule has 0 bridgehead atoms. The fourth-order valence-corrected chi connectivity index (χ4v) is 1.20. The minimum absolute atomic E-state index is 0.0116. The van der Waals surface area contributed by atoms with Gasteiger partial charge in [0.05, 0.1) is 17.7 Å². The van der Waals surface area contributed by atoms with Gasteiger partial charge < -0.3 is 15.9 Å². The second kappa shape index (κ2) is 4.97. The number of anilines is 1. The van der Waals surface area contributed by atoms with Crippen LogP contribution in [0.25, 0.3) is 6.08 Å². The smallest absolute Gasteiger partial charge is 0.337 e. The molecule has 0 aromatic heterocycles. The highest BCUT2D eigenvalue weighted by atomic mass is 16.4. The first-order valence-electron chi connectivity index (χ1n) is 4.52. The minimum atomic E-state index is -1.11. The van der Waals surface area contributed by atoms with Crippen LogP contribution in [0.15, 0.2) is 24.3 Å². The van der Waals surface area contributed by atoms with Crippen LogP contribution in [-0.2, 0) is 4.79 Å². The van der Waals surface area contributed by atoms with Crippen molar-refractivity contribution in [3.05, 3.63) is 35.4 Å². The molecule has 0 saturated heterocycles. The van der Waals surface area contributed by atoms with E-state index < -0.39 is 11.9 Å². The number of carboxylic acids is 2. The van der Waals surface area contributed by atoms with Crippen molar-refractivity contribution in [3.8, 4) is 0 Å². The number of carbonyl (C=O) groups is 2. The van der Waals surface area contributed by atoms with Crippen LogP contribution in [0.4, 0.5) is 5.69 Å². The SMILES string of the molecule is Nc1c(C=CCC(=O)O)cccc1C(=O)O. The number of nitrogen functional groups attached to an aromatic ring is 1. The number of hydrogen-bond acceptors (Lipinski definition) is 3. The van der Waals surface area contributed by atoms with E-state index in [1.165, 1.54) is 18.2 Å². The van der Waals surface area contributed by atoms with Crippen molar-refractivity contribution >= 4 is 23.7 Å². The molecule has 0 fully saturated rings. The van der Waals surface area contributed by atoms with Crippen molar-refractivity contribution in [2.75, 3.05) is 5.73 Å². The van der Waals surface area contributed by atoms with Gasteiger partial charge in [-0.05, 0) is 11.6 Å². The van der Waals surface area contributed by atoms with Crippen LogP contribution >= 0.6 is 0 Å². The Labute approximate surface area is 91.8 Å². The molecule has 1 aromatic carbocycles. The summed E-state index contributed by atoms with van der Waals surface area (Å²) in [4.78, 5) is 21.0. The van der Waals surface area contributed by atoms with Crippen molar-refractivity contribution in [2.45, 2.75) is 6.42 Å². The maximum atomic E-state index is 10.8. The van der Waals surface area contributed by atoms with E-state index in [1.54, 1.807) is 12.1 Å². The number of aliphatic carboxylic acids is 1. The van der Waals surface area contributed by atoms with Crippen LogP contribution in [0.5, 0.6) is 0 Å². The Morgan fingerprint density at radius 1 is 1.31 bits per heavy atom. The Morgan fingerprint density at radius 2 is 2.00 bits per heavy atom. The van der Waals surface area contributed by atoms with Crippen molar-refractivity contribution in [3.63, 3.8) is 0 Å². The van der Waals surface area contributed by atoms with Gasteiger partial charge in [0.1, 0.15) is 0 Å². The number of para-hydroxylation sites is 1. The predicted octanol–water partition coefficient (Wildman–Crippen LogP) is 1.45. The fraction of sp³-hybridized carbons (Fsp3) is 0.0909. The normalized spacial score (nSPS) is 10.5. The summed E-state index contributed by atoms with van der Waals surface area (Å²) in [6.45, 7) is 0. The highest BCUT2D eigenvalue weighted by Crippen LogP contribution is 2.19. The summed E-state index contributed by atoms with van der Waals surface area (Å²) in [6, 6.07) is 4.58. The van der Waals surface area contributed by atoms with E-state index in [2.05, 4.69) is 0 Å². The van der Waals surface area contributed by atoms with E-state index in [-0.39, 0.29) is 17.7 Å². The highest BCUT2D eigenvalue weighted by molar-refractivity contribution is 5.95. The number of nitrogens with two attached hydrogens (primary N) is 1. The molecule has 0 heterocycles. The minimum Gasteiger partial charge on any atom is -0.481 e. The third-order valence-electron chi connectivity index (χ3n) is 1.96. The molecule has 0 aliphatic heterocycles. The van der Waals surface area contributed by atoms with Crippen LogP contribution < -0.4 is 5.73 Å². The van der Waals surface area contributed by atoms with Gasteiger partial charge in [0, 0.05) is 0 Å². The molecule has 0 unspecified atom stereocenters. The molecule has 0 saturated carbocycles. The molecule has 0 amide bonds. The van der Waals surface area contributed by atoms with Gasteiger partial charge in [-0.2, -0.15) is 0 Å². The lowest BCUT2D eigenvalue weighted by atomic mass is 10.1. The quantitative estimate of drug-likeness (QED) is 0.668. The maximum Gasteiger partial charge on any atom is 0.337 e. The van der Waals surface area contributed by atoms with Crippen LogP contribution in [-0.4, -0.2) is 22.2 Å². The van der Waals surface area contributed by atoms with Gasteiger partial charge in [0.15, 0.2) is 0 Å². The van der Waals surface area contributed by atoms with E-state index in [1.807, 2.05) is 0 Å². The molecule has 0 radical (unpaired) electrons. The molecule has 5 nitrogen and oxygen atoms in total. The zero-order chi connectivity index (χ0) is 12.1. The van der Waals surface area contributed by atoms with E-state index >= 15 is 0 Å². The van der Waals surface area contributed by atoms with Crippen LogP contribution in [0, 0.1) is 0 Å². The van der Waals surface area contributed by atoms with Gasteiger partial charge in [0.2, 0.25) is 0 Å². The molecular formula is C11H11NO4. The molecule has 84 valence electrons. The fourth-order valence-electron chi connectivity index (χ4n) is 1.20. The molecule has 0 aliphatic carbocycles. The van der Waals surface area contributed by atoms with Crippen molar-refractivity contribution in [1.29, 1.82) is 0 Å². The first kappa shape index (κ1) is 11.8. The molecule has 16 heavy (non-hydrogen) atoms. The lowest BCUT2D eigenvalue weighted by Gasteiger charge is -2.03. The molecule has 1 rings (SSSR count). The third kappa shape index (κ3) is 2.84. The van der Waals surface area contributed by atoms with Crippen LogP contribution in [0.3, 0.4) is 0 Å². The predicted molar refractivity (Wildman–Crippen MR) is 59.1 cm³/mol. The highest BCUT2D eigenvalue weighted by Gasteiger charge is 2.08. The molecule has 0 aliphatic rings. The first-order chi connectivity index (χ1) is 7.52. The van der Waals surface area contributed by atoms with Crippen LogP contribution in [0.2, 0.25) is 0 Å². The van der Waals surface area contributed by atoms with Gasteiger partial charge in [-0.3, -0.25) is 4.79 Å². The van der Waals surface area contributed by atoms with Crippen molar-refractivity contribution < 1.29 is 19.8 Å². The van der Waals surface area contributed by atoms with Crippen molar-refractivity contribution in [1.82, 2.24) is 0 Å². The first-order valence-corrected chi connectivity index (χ1v) is 4.52. The lowest BCUT2D eigenvalue weighted by molar-refractivity contribution is -0.135. The Balaban J connectivity index is 2.97. The Morgan fingerprint density at radius 3 is 2.56 bits per heavy atom. The van der Waals surface area contributed by atoms with Crippen molar-refractivity contribution in [2.24, 2.45) is 0 Å². The van der Waals surface area contributed by atoms with Crippen LogP contribution in [0.1, 0.15) is 22.3 Å². The summed E-state index contributed by atoms with van der Waals surface area (Å²) >= 11 is 0. The number of carboxylic acid groups (broad SMARTS) is 2. The van der Waals surface area contributed by atoms with Gasteiger partial charge in [0.25, 0.3) is 0 Å². The summed E-state index contributed by atoms with van der Waals surface area (Å²) < 4.78 is 0. The van der Waals surface area contributed by atoms with E-state index in [0.29, 0.717) is 5.56 Å². The second-order valence-corrected chi connectivity index (χ2v) is 3.11. The number of aromatic carboxylic acids is 1. The lowest BCUT2D eigenvalue weighted by Crippen LogP contribution is -2.03. The number of benzene rings is 1. The number of hydrogen-bond donors (Lipinski definition) is 3. The average molecular weight is 221 g/mol. The molecule has 5 heteroatoms. The summed E-state index contributed by atoms with van der Waals surface area (Å²) in [5, 5.41) is 17.2. The zero-order valence-corrected chi connectivity index (χ0v) is 8.38. The largest absolute Gasteiger partial charge is 0.481 e. The number of rotatable bonds is 4. The van der Waals surface area contributed by atoms with E-state index in [4.69, 9.17) is 15.9 Å². The topological polar surface area (TPSA) is 101 Å². The summed E-state index contributed by atoms with van der Waals surface area (Å²) in [6.07, 6.45) is 2.78. The summed E-state index contributed by atoms with van der Waals surface area (Å²) in [7, 11) is 0. The maximum absolute atomic E-state index is 10.8. The molecule has 4 N–H and O–H groups in total. The standard InChI is InChI=1S/C11H11NO4/c12-10-7(4-2-6-9(13)14)3-1-5-8(10)11(15)16/h1-5H,6,12H2,(H,13,14)(H,15,16).